The summed E-state index contributed by atoms with van der Waals surface area (Å²) in [6.45, 7) is 8.01. The van der Waals surface area contributed by atoms with E-state index >= 15 is 0 Å². The average molecular weight is 460 g/mol. The Labute approximate surface area is 194 Å². The van der Waals surface area contributed by atoms with Gasteiger partial charge in [-0.1, -0.05) is 41.4 Å². The van der Waals surface area contributed by atoms with Crippen LogP contribution in [0.25, 0.3) is 0 Å². The molecule has 1 heterocycles. The molecule has 164 valence electrons. The second-order valence-corrected chi connectivity index (χ2v) is 9.57. The van der Waals surface area contributed by atoms with Crippen LogP contribution in [-0.2, 0) is 16.1 Å². The smallest absolute Gasteiger partial charge is 0.320 e. The largest absolute Gasteiger partial charge is 0.459 e. The molecule has 0 spiro atoms. The summed E-state index contributed by atoms with van der Waals surface area (Å²) in [5, 5.41) is 10.3. The number of carbonyl (C=O) groups excluding carboxylic acids is 1. The number of halogens is 2. The quantitative estimate of drug-likeness (QED) is 0.549. The van der Waals surface area contributed by atoms with Gasteiger partial charge in [-0.05, 0) is 57.0 Å². The summed E-state index contributed by atoms with van der Waals surface area (Å²) < 4.78 is 5.47. The van der Waals surface area contributed by atoms with E-state index in [-0.39, 0.29) is 18.6 Å². The highest BCUT2D eigenvalue weighted by atomic mass is 35.5. The summed E-state index contributed by atoms with van der Waals surface area (Å²) >= 11 is 12.8. The van der Waals surface area contributed by atoms with Gasteiger partial charge in [-0.25, -0.2) is 0 Å². The molecule has 2 aromatic carbocycles. The van der Waals surface area contributed by atoms with E-state index in [2.05, 4.69) is 15.9 Å². The fourth-order valence-electron chi connectivity index (χ4n) is 3.78. The molecule has 0 aliphatic carbocycles. The first kappa shape index (κ1) is 23.4. The Morgan fingerprint density at radius 3 is 2.61 bits per heavy atom. The van der Waals surface area contributed by atoms with E-state index in [1.165, 1.54) is 0 Å². The van der Waals surface area contributed by atoms with Gasteiger partial charge in [0.05, 0.1) is 17.1 Å². The number of hydrogen-bond donors (Lipinski definition) is 0. The number of carbonyl (C=O) groups is 1. The predicted molar refractivity (Wildman–Crippen MR) is 124 cm³/mol. The van der Waals surface area contributed by atoms with Crippen LogP contribution in [0.4, 0.5) is 5.69 Å². The van der Waals surface area contributed by atoms with E-state index in [1.54, 1.807) is 6.07 Å². The van der Waals surface area contributed by atoms with Crippen molar-refractivity contribution in [3.63, 3.8) is 0 Å². The lowest BCUT2D eigenvalue weighted by atomic mass is 10.1. The van der Waals surface area contributed by atoms with E-state index in [0.717, 1.165) is 30.8 Å². The zero-order valence-corrected chi connectivity index (χ0v) is 19.6. The van der Waals surface area contributed by atoms with E-state index in [1.807, 2.05) is 57.2 Å². The van der Waals surface area contributed by atoms with Crippen LogP contribution >= 0.6 is 23.2 Å². The van der Waals surface area contributed by atoms with Crippen LogP contribution in [0, 0.1) is 11.3 Å². The molecule has 2 aromatic rings. The molecule has 1 aliphatic heterocycles. The molecular formula is C24H27Cl2N3O2. The maximum Gasteiger partial charge on any atom is 0.320 e. The maximum atomic E-state index is 12.3. The van der Waals surface area contributed by atoms with Crippen molar-refractivity contribution in [3.8, 4) is 6.07 Å². The number of hydrogen-bond acceptors (Lipinski definition) is 5. The second-order valence-electron chi connectivity index (χ2n) is 8.76. The third-order valence-corrected chi connectivity index (χ3v) is 5.85. The average Bonchev–Trinajstić information content (AvgIpc) is 3.13. The van der Waals surface area contributed by atoms with Gasteiger partial charge in [0, 0.05) is 36.4 Å². The van der Waals surface area contributed by atoms with Crippen LogP contribution in [0.2, 0.25) is 10.0 Å². The van der Waals surface area contributed by atoms with E-state index in [9.17, 15) is 10.1 Å². The molecule has 0 amide bonds. The van der Waals surface area contributed by atoms with Gasteiger partial charge in [-0.3, -0.25) is 9.69 Å². The number of esters is 1. The standard InChI is InChI=1S/C24H27Cl2N3O2/c1-24(2,3)31-23(30)16-28-11-10-20(15-28)29(14-18-6-4-5-7-21(18)25)19-9-8-17(13-27)22(26)12-19/h4-9,12,20H,10-11,14-16H2,1-3H3/t20-/m0/s1. The molecule has 1 saturated heterocycles. The number of rotatable bonds is 6. The third kappa shape index (κ3) is 6.36. The van der Waals surface area contributed by atoms with Gasteiger partial charge >= 0.3 is 5.97 Å². The number of likely N-dealkylation sites (tertiary alicyclic amines) is 1. The van der Waals surface area contributed by atoms with Crippen molar-refractivity contribution in [1.82, 2.24) is 4.90 Å². The normalized spacial score (nSPS) is 16.7. The van der Waals surface area contributed by atoms with Gasteiger partial charge in [0.25, 0.3) is 0 Å². The Morgan fingerprint density at radius 2 is 1.97 bits per heavy atom. The first-order chi connectivity index (χ1) is 14.7. The topological polar surface area (TPSA) is 56.6 Å². The summed E-state index contributed by atoms with van der Waals surface area (Å²) in [6, 6.07) is 15.5. The predicted octanol–water partition coefficient (Wildman–Crippen LogP) is 5.29. The molecule has 0 unspecified atom stereocenters. The van der Waals surface area contributed by atoms with Gasteiger partial charge in [0.2, 0.25) is 0 Å². The summed E-state index contributed by atoms with van der Waals surface area (Å²) in [4.78, 5) is 16.6. The van der Waals surface area contributed by atoms with Crippen molar-refractivity contribution < 1.29 is 9.53 Å². The summed E-state index contributed by atoms with van der Waals surface area (Å²) in [5.74, 6) is -0.216. The first-order valence-corrected chi connectivity index (χ1v) is 11.1. The molecule has 0 aromatic heterocycles. The lowest BCUT2D eigenvalue weighted by molar-refractivity contribution is -0.155. The highest BCUT2D eigenvalue weighted by molar-refractivity contribution is 6.32. The third-order valence-electron chi connectivity index (χ3n) is 5.16. The number of anilines is 1. The molecule has 0 N–H and O–H groups in total. The molecule has 1 aliphatic rings. The summed E-state index contributed by atoms with van der Waals surface area (Å²) in [5.41, 5.74) is 1.88. The van der Waals surface area contributed by atoms with E-state index in [0.29, 0.717) is 22.2 Å². The van der Waals surface area contributed by atoms with Gasteiger partial charge < -0.3 is 9.64 Å². The van der Waals surface area contributed by atoms with Crippen molar-refractivity contribution in [3.05, 3.63) is 63.6 Å². The molecule has 1 atom stereocenters. The van der Waals surface area contributed by atoms with Crippen molar-refractivity contribution in [2.75, 3.05) is 24.5 Å². The summed E-state index contributed by atoms with van der Waals surface area (Å²) in [6.07, 6.45) is 0.894. The molecule has 1 fully saturated rings. The van der Waals surface area contributed by atoms with Crippen molar-refractivity contribution in [2.45, 2.75) is 45.4 Å². The van der Waals surface area contributed by atoms with Crippen LogP contribution in [0.3, 0.4) is 0 Å². The first-order valence-electron chi connectivity index (χ1n) is 10.3. The second kappa shape index (κ2) is 9.91. The number of nitrogens with zero attached hydrogens (tertiary/aromatic N) is 3. The summed E-state index contributed by atoms with van der Waals surface area (Å²) in [7, 11) is 0. The number of nitriles is 1. The van der Waals surface area contributed by atoms with Crippen LogP contribution in [0.5, 0.6) is 0 Å². The Hall–Kier alpha value is -2.26. The van der Waals surface area contributed by atoms with Gasteiger partial charge in [0.1, 0.15) is 11.7 Å². The van der Waals surface area contributed by atoms with E-state index < -0.39 is 5.60 Å². The number of ether oxygens (including phenoxy) is 1. The Morgan fingerprint density at radius 1 is 1.23 bits per heavy atom. The molecule has 31 heavy (non-hydrogen) atoms. The fourth-order valence-corrected chi connectivity index (χ4v) is 4.19. The van der Waals surface area contributed by atoms with Crippen LogP contribution in [0.15, 0.2) is 42.5 Å². The molecule has 3 rings (SSSR count). The Bertz CT molecular complexity index is 982. The monoisotopic (exact) mass is 459 g/mol. The van der Waals surface area contributed by atoms with Crippen LogP contribution in [-0.4, -0.2) is 42.1 Å². The van der Waals surface area contributed by atoms with Crippen molar-refractivity contribution in [2.24, 2.45) is 0 Å². The lowest BCUT2D eigenvalue weighted by Gasteiger charge is -2.32. The Kier molecular flexibility index (Phi) is 7.48. The zero-order chi connectivity index (χ0) is 22.6. The minimum atomic E-state index is -0.495. The highest BCUT2D eigenvalue weighted by Gasteiger charge is 2.31. The Balaban J connectivity index is 1.80. The van der Waals surface area contributed by atoms with Crippen molar-refractivity contribution >= 4 is 34.9 Å². The SMILES string of the molecule is CC(C)(C)OC(=O)CN1CC[C@H](N(Cc2ccccc2Cl)c2ccc(C#N)c(Cl)c2)C1. The fraction of sp³-hybridized carbons (Fsp3) is 0.417. The minimum absolute atomic E-state index is 0.169. The minimum Gasteiger partial charge on any atom is -0.459 e. The van der Waals surface area contributed by atoms with Crippen LogP contribution < -0.4 is 4.90 Å². The highest BCUT2D eigenvalue weighted by Crippen LogP contribution is 2.30. The maximum absolute atomic E-state index is 12.3. The molecule has 0 saturated carbocycles. The van der Waals surface area contributed by atoms with E-state index in [4.69, 9.17) is 27.9 Å². The zero-order valence-electron chi connectivity index (χ0n) is 18.1. The molecule has 5 nitrogen and oxygen atoms in total. The molecule has 0 bridgehead atoms. The van der Waals surface area contributed by atoms with Gasteiger partial charge in [0.15, 0.2) is 0 Å². The molecular weight excluding hydrogens is 433 g/mol. The van der Waals surface area contributed by atoms with Gasteiger partial charge in [-0.2, -0.15) is 5.26 Å². The number of benzene rings is 2. The lowest BCUT2D eigenvalue weighted by Crippen LogP contribution is -2.39. The van der Waals surface area contributed by atoms with Gasteiger partial charge in [-0.15, -0.1) is 0 Å². The molecule has 0 radical (unpaired) electrons. The molecule has 7 heteroatoms. The van der Waals surface area contributed by atoms with Crippen molar-refractivity contribution in [1.29, 1.82) is 5.26 Å². The van der Waals surface area contributed by atoms with Crippen LogP contribution in [0.1, 0.15) is 38.3 Å².